The average Bonchev–Trinajstić information content (AvgIpc) is 3.06. The van der Waals surface area contributed by atoms with Gasteiger partial charge in [-0.3, -0.25) is 14.5 Å². The second-order valence-electron chi connectivity index (χ2n) is 10.6. The third-order valence-electron chi connectivity index (χ3n) is 7.59. The number of para-hydroxylation sites is 1. The van der Waals surface area contributed by atoms with Crippen molar-refractivity contribution in [3.8, 4) is 5.75 Å². The van der Waals surface area contributed by atoms with E-state index in [-0.39, 0.29) is 18.4 Å². The molecule has 6 heteroatoms. The van der Waals surface area contributed by atoms with Crippen molar-refractivity contribution in [1.29, 1.82) is 0 Å². The minimum Gasteiger partial charge on any atom is -0.484 e. The van der Waals surface area contributed by atoms with E-state index < -0.39 is 6.17 Å². The van der Waals surface area contributed by atoms with E-state index in [1.54, 1.807) is 0 Å². The van der Waals surface area contributed by atoms with Crippen molar-refractivity contribution in [2.45, 2.75) is 26.2 Å². The Morgan fingerprint density at radius 3 is 2.07 bits per heavy atom. The molecule has 1 aliphatic rings. The summed E-state index contributed by atoms with van der Waals surface area (Å²) in [5.41, 5.74) is 6.60. The van der Waals surface area contributed by atoms with Crippen LogP contribution in [0.2, 0.25) is 0 Å². The Balaban J connectivity index is 1.29. The normalized spacial score (nSPS) is 14.3. The Labute approximate surface area is 252 Å². The van der Waals surface area contributed by atoms with Crippen LogP contribution in [0.25, 0.3) is 0 Å². The van der Waals surface area contributed by atoms with Gasteiger partial charge in [-0.25, -0.2) is 0 Å². The number of carbonyl (C=O) groups excluding carboxylic acids is 2. The van der Waals surface area contributed by atoms with Gasteiger partial charge in [0.15, 0.2) is 6.61 Å². The highest BCUT2D eigenvalue weighted by Gasteiger charge is 2.39. The largest absolute Gasteiger partial charge is 0.484 e. The summed E-state index contributed by atoms with van der Waals surface area (Å²) in [4.78, 5) is 30.7. The maximum Gasteiger partial charge on any atom is 0.262 e. The lowest BCUT2D eigenvalue weighted by Crippen LogP contribution is -2.49. The van der Waals surface area contributed by atoms with Crippen LogP contribution in [0.5, 0.6) is 5.75 Å². The van der Waals surface area contributed by atoms with E-state index in [0.717, 1.165) is 33.6 Å². The Kier molecular flexibility index (Phi) is 8.18. The highest BCUT2D eigenvalue weighted by Crippen LogP contribution is 2.42. The van der Waals surface area contributed by atoms with Crippen LogP contribution in [0, 0.1) is 6.92 Å². The molecule has 0 saturated heterocycles. The fraction of sp³-hybridized carbons (Fsp3) is 0.135. The van der Waals surface area contributed by atoms with Gasteiger partial charge >= 0.3 is 0 Å². The number of rotatable bonds is 9. The van der Waals surface area contributed by atoms with E-state index >= 15 is 0 Å². The minimum absolute atomic E-state index is 0.0517. The molecule has 6 nitrogen and oxygen atoms in total. The smallest absolute Gasteiger partial charge is 0.262 e. The lowest BCUT2D eigenvalue weighted by molar-refractivity contribution is -0.123. The van der Waals surface area contributed by atoms with E-state index in [9.17, 15) is 9.59 Å². The maximum atomic E-state index is 14.1. The van der Waals surface area contributed by atoms with Crippen LogP contribution in [-0.4, -0.2) is 18.4 Å². The molecule has 1 heterocycles. The third kappa shape index (κ3) is 6.28. The van der Waals surface area contributed by atoms with Gasteiger partial charge in [0, 0.05) is 18.8 Å². The number of nitrogens with one attached hydrogen (secondary N) is 1. The van der Waals surface area contributed by atoms with Crippen molar-refractivity contribution >= 4 is 23.2 Å². The Morgan fingerprint density at radius 1 is 0.744 bits per heavy atom. The van der Waals surface area contributed by atoms with Gasteiger partial charge in [-0.2, -0.15) is 0 Å². The molecule has 1 N–H and O–H groups in total. The Hall–Kier alpha value is -5.36. The zero-order chi connectivity index (χ0) is 29.6. The molecule has 0 unspecified atom stereocenters. The summed E-state index contributed by atoms with van der Waals surface area (Å²) in [7, 11) is 0. The molecule has 0 fully saturated rings. The topological polar surface area (TPSA) is 61.9 Å². The molecule has 0 spiro atoms. The highest BCUT2D eigenvalue weighted by molar-refractivity contribution is 6.12. The van der Waals surface area contributed by atoms with Crippen molar-refractivity contribution < 1.29 is 14.3 Å². The highest BCUT2D eigenvalue weighted by atomic mass is 16.5. The predicted molar refractivity (Wildman–Crippen MR) is 170 cm³/mol. The van der Waals surface area contributed by atoms with Crippen LogP contribution in [0.3, 0.4) is 0 Å². The number of nitrogens with zero attached hydrogens (tertiary/aromatic N) is 2. The van der Waals surface area contributed by atoms with Gasteiger partial charge in [0.05, 0.1) is 11.3 Å². The van der Waals surface area contributed by atoms with E-state index in [4.69, 9.17) is 4.74 Å². The van der Waals surface area contributed by atoms with Gasteiger partial charge in [-0.1, -0.05) is 103 Å². The summed E-state index contributed by atoms with van der Waals surface area (Å²) in [5, 5.41) is 2.89. The summed E-state index contributed by atoms with van der Waals surface area (Å²) in [6.07, 6.45) is -0.409. The number of carbonyl (C=O) groups is 2. The van der Waals surface area contributed by atoms with Gasteiger partial charge in [0.25, 0.3) is 11.8 Å². The van der Waals surface area contributed by atoms with Gasteiger partial charge in [-0.15, -0.1) is 0 Å². The molecule has 5 aromatic rings. The predicted octanol–water partition coefficient (Wildman–Crippen LogP) is 7.06. The van der Waals surface area contributed by atoms with Crippen molar-refractivity contribution in [3.05, 3.63) is 161 Å². The Bertz CT molecular complexity index is 1690. The summed E-state index contributed by atoms with van der Waals surface area (Å²) < 4.78 is 5.82. The molecule has 214 valence electrons. The number of fused-ring (bicyclic) bond motifs is 1. The van der Waals surface area contributed by atoms with E-state index in [1.807, 2.05) is 133 Å². The zero-order valence-corrected chi connectivity index (χ0v) is 24.0. The van der Waals surface area contributed by atoms with Crippen LogP contribution >= 0.6 is 0 Å². The second-order valence-corrected chi connectivity index (χ2v) is 10.6. The molecular formula is C37H33N3O3. The molecule has 43 heavy (non-hydrogen) atoms. The fourth-order valence-electron chi connectivity index (χ4n) is 5.39. The Morgan fingerprint density at radius 2 is 1.37 bits per heavy atom. The van der Waals surface area contributed by atoms with Crippen LogP contribution < -0.4 is 19.9 Å². The first-order chi connectivity index (χ1) is 21.1. The van der Waals surface area contributed by atoms with Gasteiger partial charge < -0.3 is 15.0 Å². The molecule has 0 bridgehead atoms. The lowest BCUT2D eigenvalue weighted by Gasteiger charge is -2.46. The first-order valence-electron chi connectivity index (χ1n) is 14.4. The van der Waals surface area contributed by atoms with Gasteiger partial charge in [-0.05, 0) is 60.0 Å². The van der Waals surface area contributed by atoms with Crippen LogP contribution in [0.15, 0.2) is 133 Å². The summed E-state index contributed by atoms with van der Waals surface area (Å²) in [6.45, 7) is 3.01. The summed E-state index contributed by atoms with van der Waals surface area (Å²) in [5.74, 6) is 0.337. The van der Waals surface area contributed by atoms with Crippen molar-refractivity contribution in [3.63, 3.8) is 0 Å². The van der Waals surface area contributed by atoms with E-state index in [1.165, 1.54) is 0 Å². The second kappa shape index (κ2) is 12.7. The molecule has 5 aromatic carbocycles. The molecule has 0 aliphatic carbocycles. The number of hydrogen-bond acceptors (Lipinski definition) is 4. The van der Waals surface area contributed by atoms with E-state index in [2.05, 4.69) is 22.3 Å². The lowest BCUT2D eigenvalue weighted by atomic mass is 9.99. The molecule has 2 amide bonds. The third-order valence-corrected chi connectivity index (χ3v) is 7.59. The first-order valence-corrected chi connectivity index (χ1v) is 14.4. The monoisotopic (exact) mass is 567 g/mol. The molecular weight excluding hydrogens is 534 g/mol. The van der Waals surface area contributed by atoms with Gasteiger partial charge in [0.1, 0.15) is 11.9 Å². The zero-order valence-electron chi connectivity index (χ0n) is 24.0. The van der Waals surface area contributed by atoms with E-state index in [0.29, 0.717) is 24.4 Å². The number of hydrogen-bond donors (Lipinski definition) is 1. The van der Waals surface area contributed by atoms with Gasteiger partial charge in [0.2, 0.25) is 0 Å². The molecule has 0 radical (unpaired) electrons. The summed E-state index contributed by atoms with van der Waals surface area (Å²) in [6, 6.07) is 43.6. The number of anilines is 2. The standard InChI is InChI=1S/C37H33N3O3/c1-27-16-20-31(21-17-27)40-36(39(25-29-12-6-3-7-13-29)34-15-9-8-14-33(34)37(40)42)30-18-22-32(23-19-30)43-26-35(41)38-24-28-10-4-2-5-11-28/h2-23,36H,24-26H2,1H3,(H,38,41)/t36-/m0/s1. The number of amides is 2. The number of ether oxygens (including phenoxy) is 1. The number of benzene rings is 5. The van der Waals surface area contributed by atoms with Crippen LogP contribution in [0.4, 0.5) is 11.4 Å². The summed E-state index contributed by atoms with van der Waals surface area (Å²) >= 11 is 0. The average molecular weight is 568 g/mol. The SMILES string of the molecule is Cc1ccc(N2C(=O)c3ccccc3N(Cc3ccccc3)[C@@H]2c2ccc(OCC(=O)NCc3ccccc3)cc2)cc1. The quantitative estimate of drug-likeness (QED) is 0.207. The molecule has 1 atom stereocenters. The number of aryl methyl sites for hydroxylation is 1. The van der Waals surface area contributed by atoms with Crippen LogP contribution in [-0.2, 0) is 17.9 Å². The molecule has 6 rings (SSSR count). The molecule has 1 aliphatic heterocycles. The minimum atomic E-state index is -0.409. The van der Waals surface area contributed by atoms with Crippen molar-refractivity contribution in [1.82, 2.24) is 5.32 Å². The molecule has 0 aromatic heterocycles. The first kappa shape index (κ1) is 27.8. The molecule has 0 saturated carbocycles. The maximum absolute atomic E-state index is 14.1. The fourth-order valence-corrected chi connectivity index (χ4v) is 5.39. The van der Waals surface area contributed by atoms with Crippen molar-refractivity contribution in [2.24, 2.45) is 0 Å². The van der Waals surface area contributed by atoms with Crippen molar-refractivity contribution in [2.75, 3.05) is 16.4 Å². The van der Waals surface area contributed by atoms with Crippen LogP contribution in [0.1, 0.15) is 38.8 Å².